The van der Waals surface area contributed by atoms with Gasteiger partial charge in [-0.25, -0.2) is 0 Å². The summed E-state index contributed by atoms with van der Waals surface area (Å²) in [6, 6.07) is 5.51. The molecular formula is C18H16ClF3N2O5. The predicted molar refractivity (Wildman–Crippen MR) is 99.5 cm³/mol. The summed E-state index contributed by atoms with van der Waals surface area (Å²) in [4.78, 5) is 21.7. The quantitative estimate of drug-likeness (QED) is 0.437. The molecule has 2 N–H and O–H groups in total. The Bertz CT molecular complexity index is 936. The Morgan fingerprint density at radius 3 is 2.41 bits per heavy atom. The van der Waals surface area contributed by atoms with Gasteiger partial charge in [-0.2, -0.15) is 13.2 Å². The maximum atomic E-state index is 12.7. The van der Waals surface area contributed by atoms with Crippen molar-refractivity contribution in [2.45, 2.75) is 26.1 Å². The predicted octanol–water partition coefficient (Wildman–Crippen LogP) is 5.58. The molecule has 0 heterocycles. The summed E-state index contributed by atoms with van der Waals surface area (Å²) in [5, 5.41) is 22.8. The van der Waals surface area contributed by atoms with Gasteiger partial charge in [0.2, 0.25) is 0 Å². The number of hydrogen-bond donors (Lipinski definition) is 2. The van der Waals surface area contributed by atoms with Crippen LogP contribution in [0.2, 0.25) is 5.02 Å². The normalized spacial score (nSPS) is 13.4. The third-order valence-electron chi connectivity index (χ3n) is 4.17. The second-order valence-electron chi connectivity index (χ2n) is 6.24. The molecule has 0 aromatic heterocycles. The van der Waals surface area contributed by atoms with Crippen LogP contribution in [-0.4, -0.2) is 22.0 Å². The van der Waals surface area contributed by atoms with Gasteiger partial charge in [0.1, 0.15) is 17.2 Å². The van der Waals surface area contributed by atoms with Crippen molar-refractivity contribution in [3.8, 4) is 11.5 Å². The summed E-state index contributed by atoms with van der Waals surface area (Å²) in [5.41, 5.74) is -1.27. The monoisotopic (exact) mass is 432 g/mol. The largest absolute Gasteiger partial charge is 0.481 e. The van der Waals surface area contributed by atoms with Crippen LogP contribution < -0.4 is 10.1 Å². The molecular weight excluding hydrogens is 417 g/mol. The molecule has 0 aliphatic rings. The summed E-state index contributed by atoms with van der Waals surface area (Å²) in [7, 11) is 0. The lowest BCUT2D eigenvalue weighted by Gasteiger charge is -2.19. The number of hydrogen-bond acceptors (Lipinski definition) is 5. The van der Waals surface area contributed by atoms with Gasteiger partial charge in [0.15, 0.2) is 0 Å². The van der Waals surface area contributed by atoms with Crippen LogP contribution >= 0.6 is 11.6 Å². The van der Waals surface area contributed by atoms with E-state index in [4.69, 9.17) is 21.4 Å². The van der Waals surface area contributed by atoms with Crippen LogP contribution in [0, 0.1) is 16.0 Å². The fraction of sp³-hybridized carbons (Fsp3) is 0.278. The van der Waals surface area contributed by atoms with Gasteiger partial charge in [-0.15, -0.1) is 0 Å². The lowest BCUT2D eigenvalue weighted by atomic mass is 10.0. The number of nitrogens with zero attached hydrogens (tertiary/aromatic N) is 1. The van der Waals surface area contributed by atoms with E-state index < -0.39 is 34.6 Å². The zero-order chi connectivity index (χ0) is 21.9. The second-order valence-corrected chi connectivity index (χ2v) is 6.65. The molecule has 2 aromatic carbocycles. The number of anilines is 1. The maximum absolute atomic E-state index is 12.7. The van der Waals surface area contributed by atoms with E-state index in [0.29, 0.717) is 6.07 Å². The maximum Gasteiger partial charge on any atom is 0.416 e. The molecule has 0 aliphatic carbocycles. The average molecular weight is 433 g/mol. The first-order valence-corrected chi connectivity index (χ1v) is 8.60. The molecule has 0 spiro atoms. The minimum Gasteiger partial charge on any atom is -0.481 e. The van der Waals surface area contributed by atoms with Crippen molar-refractivity contribution in [2.75, 3.05) is 5.32 Å². The molecule has 2 atom stereocenters. The van der Waals surface area contributed by atoms with Crippen molar-refractivity contribution >= 4 is 28.9 Å². The first-order chi connectivity index (χ1) is 13.4. The number of aliphatic carboxylic acids is 1. The van der Waals surface area contributed by atoms with Gasteiger partial charge in [0.05, 0.1) is 21.4 Å². The highest BCUT2D eigenvalue weighted by atomic mass is 35.5. The SMILES string of the molecule is CC(Nc1cc(Oc2ccc(C(F)(F)F)cc2Cl)ccc1[N+](=O)[O-])C(C)C(=O)O. The smallest absolute Gasteiger partial charge is 0.416 e. The number of carbonyl (C=O) groups is 1. The topological polar surface area (TPSA) is 102 Å². The highest BCUT2D eigenvalue weighted by Crippen LogP contribution is 2.38. The summed E-state index contributed by atoms with van der Waals surface area (Å²) in [6.45, 7) is 2.98. The van der Waals surface area contributed by atoms with Gasteiger partial charge < -0.3 is 15.2 Å². The van der Waals surface area contributed by atoms with Crippen molar-refractivity contribution in [2.24, 2.45) is 5.92 Å². The number of nitrogens with one attached hydrogen (secondary N) is 1. The Labute approximate surface area is 168 Å². The lowest BCUT2D eigenvalue weighted by molar-refractivity contribution is -0.384. The van der Waals surface area contributed by atoms with Crippen LogP contribution in [0.5, 0.6) is 11.5 Å². The van der Waals surface area contributed by atoms with Gasteiger partial charge in [-0.05, 0) is 38.1 Å². The third-order valence-corrected chi connectivity index (χ3v) is 4.47. The number of alkyl halides is 3. The molecule has 0 saturated carbocycles. The summed E-state index contributed by atoms with van der Waals surface area (Å²) >= 11 is 5.85. The summed E-state index contributed by atoms with van der Waals surface area (Å²) in [6.07, 6.45) is -4.57. The van der Waals surface area contributed by atoms with E-state index in [0.717, 1.165) is 18.2 Å². The van der Waals surface area contributed by atoms with E-state index in [1.165, 1.54) is 19.1 Å². The van der Waals surface area contributed by atoms with Gasteiger partial charge in [0.25, 0.3) is 5.69 Å². The van der Waals surface area contributed by atoms with Crippen molar-refractivity contribution in [1.82, 2.24) is 0 Å². The Hall–Kier alpha value is -3.01. The fourth-order valence-corrected chi connectivity index (χ4v) is 2.54. The van der Waals surface area contributed by atoms with Crippen LogP contribution in [0.25, 0.3) is 0 Å². The number of ether oxygens (including phenoxy) is 1. The molecule has 2 unspecified atom stereocenters. The molecule has 0 aliphatic heterocycles. The molecule has 0 amide bonds. The molecule has 2 aromatic rings. The molecule has 11 heteroatoms. The molecule has 156 valence electrons. The Kier molecular flexibility index (Phi) is 6.58. The lowest BCUT2D eigenvalue weighted by Crippen LogP contribution is -2.29. The van der Waals surface area contributed by atoms with E-state index in [2.05, 4.69) is 5.32 Å². The number of carboxylic acids is 1. The number of carboxylic acid groups (broad SMARTS) is 1. The van der Waals surface area contributed by atoms with E-state index in [9.17, 15) is 28.1 Å². The molecule has 0 radical (unpaired) electrons. The van der Waals surface area contributed by atoms with Crippen molar-refractivity contribution in [1.29, 1.82) is 0 Å². The van der Waals surface area contributed by atoms with Gasteiger partial charge in [-0.3, -0.25) is 14.9 Å². The van der Waals surface area contributed by atoms with Crippen molar-refractivity contribution < 1.29 is 32.7 Å². The van der Waals surface area contributed by atoms with Crippen LogP contribution in [0.1, 0.15) is 19.4 Å². The van der Waals surface area contributed by atoms with E-state index >= 15 is 0 Å². The van der Waals surface area contributed by atoms with Gasteiger partial charge in [0, 0.05) is 18.2 Å². The third kappa shape index (κ3) is 5.50. The van der Waals surface area contributed by atoms with Crippen LogP contribution in [-0.2, 0) is 11.0 Å². The number of halogens is 4. The zero-order valence-electron chi connectivity index (χ0n) is 15.2. The van der Waals surface area contributed by atoms with E-state index in [1.54, 1.807) is 6.92 Å². The molecule has 7 nitrogen and oxygen atoms in total. The highest BCUT2D eigenvalue weighted by Gasteiger charge is 2.31. The standard InChI is InChI=1S/C18H16ClF3N2O5/c1-9(17(25)26)10(2)23-14-8-12(4-5-15(14)24(27)28)29-16-6-3-11(7-13(16)19)18(20,21)22/h3-10,23H,1-2H3,(H,25,26). The molecule has 0 saturated heterocycles. The first-order valence-electron chi connectivity index (χ1n) is 8.22. The fourth-order valence-electron chi connectivity index (χ4n) is 2.32. The minimum atomic E-state index is -4.57. The van der Waals surface area contributed by atoms with Crippen molar-refractivity contribution in [3.05, 3.63) is 57.1 Å². The summed E-state index contributed by atoms with van der Waals surface area (Å²) < 4.78 is 43.7. The van der Waals surface area contributed by atoms with Crippen molar-refractivity contribution in [3.63, 3.8) is 0 Å². The van der Waals surface area contributed by atoms with Crippen LogP contribution in [0.3, 0.4) is 0 Å². The zero-order valence-corrected chi connectivity index (χ0v) is 15.9. The van der Waals surface area contributed by atoms with E-state index in [-0.39, 0.29) is 27.9 Å². The molecule has 0 bridgehead atoms. The number of benzene rings is 2. The van der Waals surface area contributed by atoms with Gasteiger partial charge >= 0.3 is 12.1 Å². The Morgan fingerprint density at radius 1 is 1.24 bits per heavy atom. The second kappa shape index (κ2) is 8.56. The molecule has 29 heavy (non-hydrogen) atoms. The Morgan fingerprint density at radius 2 is 1.90 bits per heavy atom. The summed E-state index contributed by atoms with van der Waals surface area (Å²) in [5.74, 6) is -1.94. The van der Waals surface area contributed by atoms with Gasteiger partial charge in [-0.1, -0.05) is 11.6 Å². The first kappa shape index (κ1) is 22.3. The molecule has 2 rings (SSSR count). The number of rotatable bonds is 7. The highest BCUT2D eigenvalue weighted by molar-refractivity contribution is 6.32. The average Bonchev–Trinajstić information content (AvgIpc) is 2.61. The number of nitro benzene ring substituents is 1. The minimum absolute atomic E-state index is 0.00358. The van der Waals surface area contributed by atoms with E-state index in [1.807, 2.05) is 0 Å². The van der Waals surface area contributed by atoms with Crippen LogP contribution in [0.15, 0.2) is 36.4 Å². The number of nitro groups is 1. The van der Waals surface area contributed by atoms with Crippen LogP contribution in [0.4, 0.5) is 24.5 Å². The molecule has 0 fully saturated rings. The Balaban J connectivity index is 2.33.